The van der Waals surface area contributed by atoms with E-state index in [0.29, 0.717) is 30.0 Å². The molecule has 0 saturated carbocycles. The number of rotatable bonds is 23. The Kier molecular flexibility index (Phi) is 27.2. The largest absolute Gasteiger partial charge is 0.497 e. The summed E-state index contributed by atoms with van der Waals surface area (Å²) >= 11 is 0. The van der Waals surface area contributed by atoms with Crippen molar-refractivity contribution in [2.24, 2.45) is 29.4 Å². The molecule has 0 aromatic heterocycles. The molecule has 0 aliphatic heterocycles. The topological polar surface area (TPSA) is 212 Å². The number of ketones is 2. The number of amides is 3. The van der Waals surface area contributed by atoms with Crippen LogP contribution >= 0.6 is 0 Å². The van der Waals surface area contributed by atoms with Crippen molar-refractivity contribution in [3.63, 3.8) is 0 Å². The van der Waals surface area contributed by atoms with Gasteiger partial charge in [0.25, 0.3) is 0 Å². The monoisotopic (exact) mass is 1030 g/mol. The van der Waals surface area contributed by atoms with E-state index < -0.39 is 35.9 Å². The number of halogens is 3. The lowest BCUT2D eigenvalue weighted by Crippen LogP contribution is -2.46. The Hall–Kier alpha value is -7.27. The van der Waals surface area contributed by atoms with E-state index in [9.17, 15) is 37.1 Å². The highest BCUT2D eigenvalue weighted by molar-refractivity contribution is 6.00. The Bertz CT molecular complexity index is 2400. The van der Waals surface area contributed by atoms with Gasteiger partial charge in [-0.25, -0.2) is 9.59 Å². The van der Waals surface area contributed by atoms with Crippen molar-refractivity contribution in [3.05, 3.63) is 145 Å². The zero-order valence-corrected chi connectivity index (χ0v) is 43.7. The minimum absolute atomic E-state index is 0.0308. The molecule has 0 fully saturated rings. The molecular weight excluding hydrogens is 958 g/mol. The van der Waals surface area contributed by atoms with Gasteiger partial charge in [-0.1, -0.05) is 101 Å². The summed E-state index contributed by atoms with van der Waals surface area (Å²) in [6.07, 6.45) is 4.46. The number of aliphatic carboxylic acids is 1. The maximum absolute atomic E-state index is 13.3. The van der Waals surface area contributed by atoms with Gasteiger partial charge in [-0.2, -0.15) is 13.2 Å². The van der Waals surface area contributed by atoms with Crippen molar-refractivity contribution in [3.8, 4) is 11.5 Å². The van der Waals surface area contributed by atoms with Gasteiger partial charge in [-0.15, -0.1) is 0 Å². The first kappa shape index (κ1) is 62.8. The molecule has 0 spiro atoms. The maximum atomic E-state index is 13.3. The van der Waals surface area contributed by atoms with Crippen LogP contribution in [0.25, 0.3) is 0 Å². The Morgan fingerprint density at radius 1 is 0.608 bits per heavy atom. The number of nitrogens with one attached hydrogen (secondary N) is 3. The molecule has 14 nitrogen and oxygen atoms in total. The van der Waals surface area contributed by atoms with Crippen molar-refractivity contribution >= 4 is 46.8 Å². The maximum Gasteiger partial charge on any atom is 0.490 e. The highest BCUT2D eigenvalue weighted by atomic mass is 19.4. The fourth-order valence-corrected chi connectivity index (χ4v) is 6.89. The van der Waals surface area contributed by atoms with Crippen LogP contribution in [0.4, 0.5) is 29.3 Å². The van der Waals surface area contributed by atoms with E-state index in [0.717, 1.165) is 30.6 Å². The van der Waals surface area contributed by atoms with Gasteiger partial charge >= 0.3 is 18.2 Å². The standard InChI is InChI=1S/C30H40N2O5.C25H32N2O3.C2HF3O2/c1-21(2)28(32-29(35)37-30(3,4)5)26(33)20-23(13-12-22-10-8-7-9-11-22)14-19-27(34)31-24-15-17-25(36-6)18-16-24;1-18(2)25(26)23(28)17-20(10-9-19-7-5-4-6-8-19)11-16-24(29)27-21-12-14-22(30-3)15-13-21;3-2(4,5)1(6)7/h7-11,14-19,21,23,28H,12-13,20H2,1-6H3,(H,31,34)(H,32,35);4-8,11-16,18,20,25H,9-10,17,26H2,1-3H3,(H,27,29);(H,6,7)/b19-14+;16-11+;/t23-,28-;20-,25-;/m00./s1. The molecule has 4 aromatic rings. The molecule has 402 valence electrons. The van der Waals surface area contributed by atoms with Crippen LogP contribution in [0.2, 0.25) is 0 Å². The van der Waals surface area contributed by atoms with Gasteiger partial charge in [-0.05, 0) is 142 Å². The Labute approximate surface area is 433 Å². The second kappa shape index (κ2) is 32.0. The number of carbonyl (C=O) groups excluding carboxylic acids is 5. The van der Waals surface area contributed by atoms with E-state index in [1.807, 2.05) is 82.3 Å². The number of alkyl halides is 3. The Morgan fingerprint density at radius 3 is 1.31 bits per heavy atom. The Balaban J connectivity index is 0.000000455. The minimum Gasteiger partial charge on any atom is -0.497 e. The number of methoxy groups -OCH3 is 2. The normalized spacial score (nSPS) is 13.0. The molecule has 17 heteroatoms. The number of nitrogens with two attached hydrogens (primary N) is 1. The second-order valence-corrected chi connectivity index (χ2v) is 19.0. The third-order valence-electron chi connectivity index (χ3n) is 11.0. The van der Waals surface area contributed by atoms with Crippen LogP contribution in [0.3, 0.4) is 0 Å². The second-order valence-electron chi connectivity index (χ2n) is 19.0. The average molecular weight is 1030 g/mol. The summed E-state index contributed by atoms with van der Waals surface area (Å²) in [6, 6.07) is 33.2. The van der Waals surface area contributed by atoms with Crippen molar-refractivity contribution in [1.29, 1.82) is 0 Å². The molecule has 0 aliphatic rings. The molecule has 0 unspecified atom stereocenters. The smallest absolute Gasteiger partial charge is 0.490 e. The van der Waals surface area contributed by atoms with Gasteiger partial charge in [0, 0.05) is 24.2 Å². The number of hydrogen-bond donors (Lipinski definition) is 5. The van der Waals surface area contributed by atoms with E-state index in [1.165, 1.54) is 17.7 Å². The summed E-state index contributed by atoms with van der Waals surface area (Å²) in [4.78, 5) is 72.0. The van der Waals surface area contributed by atoms with Crippen molar-refractivity contribution in [2.45, 2.75) is 111 Å². The van der Waals surface area contributed by atoms with Gasteiger partial charge in [0.2, 0.25) is 11.8 Å². The van der Waals surface area contributed by atoms with Gasteiger partial charge in [-0.3, -0.25) is 19.2 Å². The predicted octanol–water partition coefficient (Wildman–Crippen LogP) is 11.0. The van der Waals surface area contributed by atoms with Crippen LogP contribution in [0.1, 0.15) is 85.3 Å². The number of Topliss-reactive ketones (excluding diaryl/α,β-unsaturated/α-hetero) is 2. The summed E-state index contributed by atoms with van der Waals surface area (Å²) in [6.45, 7) is 13.0. The van der Waals surface area contributed by atoms with Gasteiger partial charge < -0.3 is 41.0 Å². The van der Waals surface area contributed by atoms with E-state index in [4.69, 9.17) is 29.8 Å². The summed E-state index contributed by atoms with van der Waals surface area (Å²) < 4.78 is 47.4. The number of hydrogen-bond acceptors (Lipinski definition) is 10. The fourth-order valence-electron chi connectivity index (χ4n) is 6.89. The van der Waals surface area contributed by atoms with Gasteiger partial charge in [0.1, 0.15) is 22.9 Å². The first-order valence-corrected chi connectivity index (χ1v) is 24.2. The van der Waals surface area contributed by atoms with Crippen molar-refractivity contribution in [2.75, 3.05) is 24.9 Å². The predicted molar refractivity (Wildman–Crippen MR) is 282 cm³/mol. The first-order chi connectivity index (χ1) is 34.8. The van der Waals surface area contributed by atoms with Crippen molar-refractivity contribution in [1.82, 2.24) is 5.32 Å². The van der Waals surface area contributed by atoms with Gasteiger partial charge in [0.05, 0.1) is 26.3 Å². The van der Waals surface area contributed by atoms with E-state index in [2.05, 4.69) is 28.1 Å². The first-order valence-electron chi connectivity index (χ1n) is 24.2. The third kappa shape index (κ3) is 26.4. The number of allylic oxidation sites excluding steroid dienone is 2. The zero-order valence-electron chi connectivity index (χ0n) is 43.7. The molecule has 0 saturated heterocycles. The molecular formula is C57H73F3N4O10. The highest BCUT2D eigenvalue weighted by Gasteiger charge is 2.38. The molecule has 0 radical (unpaired) electrons. The molecule has 0 bridgehead atoms. The molecule has 4 atom stereocenters. The molecule has 4 rings (SSSR count). The van der Waals surface area contributed by atoms with Crippen LogP contribution in [-0.2, 0) is 41.6 Å². The number of alkyl carbamates (subject to hydrolysis) is 1. The lowest BCUT2D eigenvalue weighted by molar-refractivity contribution is -0.192. The lowest BCUT2D eigenvalue weighted by Gasteiger charge is -2.26. The van der Waals surface area contributed by atoms with Crippen LogP contribution < -0.4 is 31.2 Å². The zero-order chi connectivity index (χ0) is 55.4. The summed E-state index contributed by atoms with van der Waals surface area (Å²) in [5, 5.41) is 15.5. The molecule has 3 amide bonds. The number of carbonyl (C=O) groups is 6. The number of benzene rings is 4. The highest BCUT2D eigenvalue weighted by Crippen LogP contribution is 2.22. The molecule has 0 aliphatic carbocycles. The number of carboxylic acid groups (broad SMARTS) is 1. The van der Waals surface area contributed by atoms with E-state index in [1.54, 1.807) is 89.6 Å². The number of ether oxygens (including phenoxy) is 3. The minimum atomic E-state index is -5.08. The third-order valence-corrected chi connectivity index (χ3v) is 11.0. The molecule has 0 heterocycles. The SMILES string of the molecule is COc1ccc(NC(=O)/C=C/[C@H](CCc2ccccc2)CC(=O)[C@@H](N)C(C)C)cc1.COc1ccc(NC(=O)/C=C/[C@H](CCc2ccccc2)CC(=O)[C@@H](NC(=O)OC(C)(C)C)C(C)C)cc1.O=C(O)C(F)(F)F. The molecule has 74 heavy (non-hydrogen) atoms. The van der Waals surface area contributed by atoms with E-state index >= 15 is 0 Å². The molecule has 6 N–H and O–H groups in total. The van der Waals surface area contributed by atoms with Crippen LogP contribution in [-0.4, -0.2) is 78.6 Å². The number of anilines is 2. The number of carboxylic acids is 1. The number of aryl methyl sites for hydroxylation is 2. The Morgan fingerprint density at radius 2 is 0.986 bits per heavy atom. The van der Waals surface area contributed by atoms with Crippen LogP contribution in [0.15, 0.2) is 133 Å². The average Bonchev–Trinajstić information content (AvgIpc) is 3.35. The van der Waals surface area contributed by atoms with E-state index in [-0.39, 0.29) is 53.5 Å². The summed E-state index contributed by atoms with van der Waals surface area (Å²) in [5.41, 5.74) is 9.07. The molecule has 4 aromatic carbocycles. The van der Waals surface area contributed by atoms with Crippen LogP contribution in [0, 0.1) is 23.7 Å². The van der Waals surface area contributed by atoms with Crippen LogP contribution in [0.5, 0.6) is 11.5 Å². The summed E-state index contributed by atoms with van der Waals surface area (Å²) in [7, 11) is 3.18. The quantitative estimate of drug-likeness (QED) is 0.0441. The van der Waals surface area contributed by atoms with Crippen molar-refractivity contribution < 1.29 is 61.3 Å². The fraction of sp³-hybridized carbons (Fsp3) is 0.404. The summed E-state index contributed by atoms with van der Waals surface area (Å²) in [5.74, 6) is -2.17. The van der Waals surface area contributed by atoms with Gasteiger partial charge in [0.15, 0.2) is 5.78 Å². The lowest BCUT2D eigenvalue weighted by atomic mass is 9.89.